The van der Waals surface area contributed by atoms with Crippen molar-refractivity contribution in [1.82, 2.24) is 10.2 Å². The molecule has 0 aliphatic rings. The van der Waals surface area contributed by atoms with Crippen LogP contribution in [-0.4, -0.2) is 53.1 Å². The lowest BCUT2D eigenvalue weighted by Crippen LogP contribution is -2.51. The summed E-state index contributed by atoms with van der Waals surface area (Å²) in [6.45, 7) is 14.0. The number of unbranched alkanes of at least 4 members (excludes halogenated alkanes) is 32. The van der Waals surface area contributed by atoms with Crippen LogP contribution < -0.4 is 5.32 Å². The van der Waals surface area contributed by atoms with E-state index < -0.39 is 17.7 Å². The standard InChI is InChI=1S/C49H98N2O3S2/c1-7-10-13-15-17-19-21-23-25-27-29-31-33-35-37-39-42-51(43-40-38-36-34-32-30-28-26-24-22-20-18-16-14-11-8-2)47(52)46(45-56-55-44-41-12-9-3)50-48(53)54-49(4,5)6/h46H,7-45H2,1-6H3,(H,50,53)/t46-/m0/s1. The topological polar surface area (TPSA) is 58.6 Å². The highest BCUT2D eigenvalue weighted by Gasteiger charge is 2.28. The van der Waals surface area contributed by atoms with Crippen LogP contribution in [0, 0.1) is 0 Å². The minimum atomic E-state index is -0.597. The van der Waals surface area contributed by atoms with Gasteiger partial charge in [0.25, 0.3) is 0 Å². The Morgan fingerprint density at radius 2 is 0.768 bits per heavy atom. The van der Waals surface area contributed by atoms with E-state index in [4.69, 9.17) is 4.74 Å². The number of amides is 2. The molecule has 0 rings (SSSR count). The number of nitrogens with one attached hydrogen (secondary N) is 1. The molecule has 0 aromatic heterocycles. The molecular weight excluding hydrogens is 729 g/mol. The third-order valence-electron chi connectivity index (χ3n) is 11.0. The molecule has 0 unspecified atom stereocenters. The van der Waals surface area contributed by atoms with Crippen molar-refractivity contribution in [3.05, 3.63) is 0 Å². The van der Waals surface area contributed by atoms with Crippen LogP contribution in [-0.2, 0) is 9.53 Å². The van der Waals surface area contributed by atoms with E-state index in [1.807, 2.05) is 31.6 Å². The molecule has 0 radical (unpaired) electrons. The summed E-state index contributed by atoms with van der Waals surface area (Å²) in [5, 5.41) is 2.98. The van der Waals surface area contributed by atoms with Gasteiger partial charge in [0.2, 0.25) is 5.91 Å². The molecule has 5 nitrogen and oxygen atoms in total. The number of hydrogen-bond acceptors (Lipinski definition) is 5. The van der Waals surface area contributed by atoms with Crippen molar-refractivity contribution in [3.8, 4) is 0 Å². The van der Waals surface area contributed by atoms with E-state index >= 15 is 0 Å². The molecule has 0 aromatic rings. The molecule has 0 fully saturated rings. The van der Waals surface area contributed by atoms with Gasteiger partial charge in [-0.25, -0.2) is 4.79 Å². The van der Waals surface area contributed by atoms with Gasteiger partial charge in [0, 0.05) is 24.6 Å². The number of hydrogen-bond donors (Lipinski definition) is 1. The van der Waals surface area contributed by atoms with Crippen molar-refractivity contribution in [3.63, 3.8) is 0 Å². The smallest absolute Gasteiger partial charge is 0.408 e. The summed E-state index contributed by atoms with van der Waals surface area (Å²) in [5.74, 6) is 1.72. The first-order chi connectivity index (χ1) is 27.2. The van der Waals surface area contributed by atoms with Crippen molar-refractivity contribution in [2.45, 2.75) is 278 Å². The van der Waals surface area contributed by atoms with Gasteiger partial charge in [0.1, 0.15) is 11.6 Å². The van der Waals surface area contributed by atoms with E-state index in [9.17, 15) is 9.59 Å². The molecular formula is C49H98N2O3S2. The highest BCUT2D eigenvalue weighted by Crippen LogP contribution is 2.25. The van der Waals surface area contributed by atoms with E-state index in [1.165, 1.54) is 212 Å². The molecule has 0 saturated carbocycles. The maximum Gasteiger partial charge on any atom is 0.408 e. The lowest BCUT2D eigenvalue weighted by atomic mass is 10.0. The maximum absolute atomic E-state index is 14.1. The zero-order valence-electron chi connectivity index (χ0n) is 38.6. The highest BCUT2D eigenvalue weighted by atomic mass is 33.1. The van der Waals surface area contributed by atoms with Crippen molar-refractivity contribution in [2.24, 2.45) is 0 Å². The van der Waals surface area contributed by atoms with Crippen molar-refractivity contribution >= 4 is 33.6 Å². The van der Waals surface area contributed by atoms with Gasteiger partial charge in [0.15, 0.2) is 0 Å². The zero-order chi connectivity index (χ0) is 41.2. The normalized spacial score (nSPS) is 12.2. The van der Waals surface area contributed by atoms with Crippen LogP contribution in [0.4, 0.5) is 4.79 Å². The van der Waals surface area contributed by atoms with Gasteiger partial charge in [-0.1, -0.05) is 248 Å². The minimum Gasteiger partial charge on any atom is -0.444 e. The zero-order valence-corrected chi connectivity index (χ0v) is 40.3. The Bertz CT molecular complexity index is 801. The number of rotatable bonds is 43. The first kappa shape index (κ1) is 55.4. The van der Waals surface area contributed by atoms with Crippen molar-refractivity contribution in [2.75, 3.05) is 24.6 Å². The Kier molecular flexibility index (Phi) is 42.1. The molecule has 1 N–H and O–H groups in total. The van der Waals surface area contributed by atoms with Crippen molar-refractivity contribution in [1.29, 1.82) is 0 Å². The van der Waals surface area contributed by atoms with Gasteiger partial charge in [-0.3, -0.25) is 4.79 Å². The Hall–Kier alpha value is -0.560. The van der Waals surface area contributed by atoms with Crippen LogP contribution in [0.1, 0.15) is 266 Å². The maximum atomic E-state index is 14.1. The molecule has 2 amide bonds. The Labute approximate surface area is 359 Å². The Morgan fingerprint density at radius 1 is 0.464 bits per heavy atom. The van der Waals surface area contributed by atoms with Crippen molar-refractivity contribution < 1.29 is 14.3 Å². The molecule has 1 atom stereocenters. The number of carbonyl (C=O) groups excluding carboxylic acids is 2. The van der Waals surface area contributed by atoms with Gasteiger partial charge in [-0.05, 0) is 40.0 Å². The number of ether oxygens (including phenoxy) is 1. The highest BCUT2D eigenvalue weighted by molar-refractivity contribution is 8.76. The summed E-state index contributed by atoms with van der Waals surface area (Å²) in [4.78, 5) is 29.1. The minimum absolute atomic E-state index is 0.0689. The van der Waals surface area contributed by atoms with Gasteiger partial charge >= 0.3 is 6.09 Å². The van der Waals surface area contributed by atoms with E-state index in [0.29, 0.717) is 5.75 Å². The average Bonchev–Trinajstić information content (AvgIpc) is 3.16. The summed E-state index contributed by atoms with van der Waals surface area (Å²) >= 11 is 0. The molecule has 0 bridgehead atoms. The molecule has 0 aliphatic carbocycles. The van der Waals surface area contributed by atoms with Gasteiger partial charge in [0.05, 0.1) is 0 Å². The molecule has 334 valence electrons. The third kappa shape index (κ3) is 40.2. The Balaban J connectivity index is 4.72. The van der Waals surface area contributed by atoms with E-state index in [0.717, 1.165) is 31.7 Å². The first-order valence-corrected chi connectivity index (χ1v) is 27.3. The quantitative estimate of drug-likeness (QED) is 0.0490. The average molecular weight is 827 g/mol. The molecule has 7 heteroatoms. The summed E-state index contributed by atoms with van der Waals surface area (Å²) < 4.78 is 5.61. The van der Waals surface area contributed by atoms with Crippen LogP contribution in [0.25, 0.3) is 0 Å². The SMILES string of the molecule is CCCCCCCCCCCCCCCCCCN(CCCCCCCCCCCCCCCCCC)C(=O)[C@H](CSSCCCCC)NC(=O)OC(C)(C)C. The summed E-state index contributed by atoms with van der Waals surface area (Å²) in [5.41, 5.74) is -0.597. The fourth-order valence-electron chi connectivity index (χ4n) is 7.46. The van der Waals surface area contributed by atoms with E-state index in [2.05, 4.69) is 31.0 Å². The summed E-state index contributed by atoms with van der Waals surface area (Å²) in [6.07, 6.45) is 46.3. The van der Waals surface area contributed by atoms with Crippen LogP contribution >= 0.6 is 21.6 Å². The molecule has 0 aliphatic heterocycles. The lowest BCUT2D eigenvalue weighted by Gasteiger charge is -2.29. The fraction of sp³-hybridized carbons (Fsp3) is 0.959. The predicted octanol–water partition coefficient (Wildman–Crippen LogP) is 16.8. The molecule has 0 spiro atoms. The monoisotopic (exact) mass is 827 g/mol. The number of carbonyl (C=O) groups is 2. The van der Waals surface area contributed by atoms with Crippen LogP contribution in [0.3, 0.4) is 0 Å². The predicted molar refractivity (Wildman–Crippen MR) is 253 cm³/mol. The van der Waals surface area contributed by atoms with Gasteiger partial charge in [-0.2, -0.15) is 0 Å². The number of nitrogens with zero attached hydrogens (tertiary/aromatic N) is 1. The van der Waals surface area contributed by atoms with Gasteiger partial charge < -0.3 is 15.0 Å². The first-order valence-electron chi connectivity index (χ1n) is 24.8. The molecule has 56 heavy (non-hydrogen) atoms. The second-order valence-electron chi connectivity index (χ2n) is 17.9. The second kappa shape index (κ2) is 42.6. The summed E-state index contributed by atoms with van der Waals surface area (Å²) in [7, 11) is 3.54. The third-order valence-corrected chi connectivity index (χ3v) is 13.5. The largest absolute Gasteiger partial charge is 0.444 e. The Morgan fingerprint density at radius 3 is 1.09 bits per heavy atom. The van der Waals surface area contributed by atoms with Crippen LogP contribution in [0.5, 0.6) is 0 Å². The van der Waals surface area contributed by atoms with Crippen LogP contribution in [0.15, 0.2) is 0 Å². The molecule has 0 saturated heterocycles. The lowest BCUT2D eigenvalue weighted by molar-refractivity contribution is -0.133. The second-order valence-corrected chi connectivity index (χ2v) is 20.6. The molecule has 0 aromatic carbocycles. The molecule has 0 heterocycles. The van der Waals surface area contributed by atoms with E-state index in [1.54, 1.807) is 10.8 Å². The van der Waals surface area contributed by atoms with Gasteiger partial charge in [-0.15, -0.1) is 0 Å². The summed E-state index contributed by atoms with van der Waals surface area (Å²) in [6, 6.07) is -0.560. The number of alkyl carbamates (subject to hydrolysis) is 1. The van der Waals surface area contributed by atoms with Crippen LogP contribution in [0.2, 0.25) is 0 Å². The fourth-order valence-corrected chi connectivity index (χ4v) is 9.77. The van der Waals surface area contributed by atoms with E-state index in [-0.39, 0.29) is 5.91 Å².